The number of imidazole rings is 1. The minimum absolute atomic E-state index is 0.682. The average molecular weight is 307 g/mol. The summed E-state index contributed by atoms with van der Waals surface area (Å²) in [4.78, 5) is 16.6. The molecule has 0 aliphatic heterocycles. The van der Waals surface area contributed by atoms with Gasteiger partial charge in [0.2, 0.25) is 0 Å². The number of H-pyrrole nitrogens is 1. The molecule has 0 amide bonds. The molecule has 0 unspecified atom stereocenters. The summed E-state index contributed by atoms with van der Waals surface area (Å²) in [5, 5.41) is 0.682. The lowest BCUT2D eigenvalue weighted by molar-refractivity contribution is 1.23. The Morgan fingerprint density at radius 2 is 1.86 bits per heavy atom. The fourth-order valence-electron chi connectivity index (χ4n) is 2.32. The Morgan fingerprint density at radius 1 is 0.909 bits per heavy atom. The highest BCUT2D eigenvalue weighted by Crippen LogP contribution is 2.23. The van der Waals surface area contributed by atoms with Crippen molar-refractivity contribution in [3.8, 4) is 22.8 Å². The Kier molecular flexibility index (Phi) is 3.09. The summed E-state index contributed by atoms with van der Waals surface area (Å²) in [5.41, 5.74) is 4.43. The van der Waals surface area contributed by atoms with Crippen molar-refractivity contribution < 1.29 is 0 Å². The van der Waals surface area contributed by atoms with Crippen LogP contribution in [0.25, 0.3) is 33.8 Å². The van der Waals surface area contributed by atoms with Gasteiger partial charge in [-0.3, -0.25) is 9.97 Å². The molecule has 0 radical (unpaired) electrons. The van der Waals surface area contributed by atoms with E-state index in [4.69, 9.17) is 11.6 Å². The van der Waals surface area contributed by atoms with E-state index in [1.165, 1.54) is 0 Å². The topological polar surface area (TPSA) is 54.5 Å². The summed E-state index contributed by atoms with van der Waals surface area (Å²) in [6, 6.07) is 15.3. The van der Waals surface area contributed by atoms with E-state index in [1.807, 2.05) is 48.5 Å². The molecule has 3 aromatic heterocycles. The van der Waals surface area contributed by atoms with Crippen LogP contribution >= 0.6 is 11.6 Å². The summed E-state index contributed by atoms with van der Waals surface area (Å²) < 4.78 is 0. The van der Waals surface area contributed by atoms with Gasteiger partial charge >= 0.3 is 0 Å². The van der Waals surface area contributed by atoms with Gasteiger partial charge in [0.1, 0.15) is 5.69 Å². The van der Waals surface area contributed by atoms with E-state index in [2.05, 4.69) is 19.9 Å². The number of nitrogens with one attached hydrogen (secondary N) is 1. The van der Waals surface area contributed by atoms with Crippen LogP contribution < -0.4 is 0 Å². The van der Waals surface area contributed by atoms with Crippen LogP contribution in [0, 0.1) is 0 Å². The number of halogens is 1. The van der Waals surface area contributed by atoms with Gasteiger partial charge in [-0.15, -0.1) is 0 Å². The quantitative estimate of drug-likeness (QED) is 0.599. The minimum Gasteiger partial charge on any atom is -0.337 e. The van der Waals surface area contributed by atoms with Gasteiger partial charge in [0.05, 0.1) is 16.7 Å². The predicted molar refractivity (Wildman–Crippen MR) is 87.6 cm³/mol. The summed E-state index contributed by atoms with van der Waals surface area (Å²) in [6.07, 6.45) is 3.57. The Balaban J connectivity index is 1.73. The molecule has 0 aliphatic carbocycles. The second kappa shape index (κ2) is 5.24. The Bertz CT molecular complexity index is 930. The molecule has 4 rings (SSSR count). The Labute approximate surface area is 131 Å². The van der Waals surface area contributed by atoms with Crippen molar-refractivity contribution in [1.82, 2.24) is 19.9 Å². The third kappa shape index (κ3) is 2.34. The summed E-state index contributed by atoms with van der Waals surface area (Å²) in [5.74, 6) is 0.727. The number of rotatable bonds is 2. The average Bonchev–Trinajstić information content (AvgIpc) is 2.99. The van der Waals surface area contributed by atoms with E-state index in [0.29, 0.717) is 5.02 Å². The number of benzene rings is 1. The normalized spacial score (nSPS) is 11.0. The molecule has 106 valence electrons. The zero-order valence-electron chi connectivity index (χ0n) is 11.5. The van der Waals surface area contributed by atoms with E-state index < -0.39 is 0 Å². The van der Waals surface area contributed by atoms with Gasteiger partial charge in [-0.1, -0.05) is 17.7 Å². The van der Waals surface area contributed by atoms with Gasteiger partial charge in [0, 0.05) is 23.0 Å². The molecule has 0 spiro atoms. The smallest absolute Gasteiger partial charge is 0.157 e. The van der Waals surface area contributed by atoms with E-state index in [0.717, 1.165) is 33.8 Å². The van der Waals surface area contributed by atoms with Crippen LogP contribution in [0.4, 0.5) is 0 Å². The second-order valence-corrected chi connectivity index (χ2v) is 5.33. The maximum absolute atomic E-state index is 5.99. The van der Waals surface area contributed by atoms with Crippen LogP contribution in [0.5, 0.6) is 0 Å². The van der Waals surface area contributed by atoms with Crippen molar-refractivity contribution >= 4 is 22.6 Å². The number of aromatic amines is 1. The SMILES string of the molecule is Clc1ccc2nc(-c3ccc(-c4ccccn4)cn3)[nH]c2c1. The van der Waals surface area contributed by atoms with Crippen LogP contribution in [-0.2, 0) is 0 Å². The molecular formula is C17H11ClN4. The molecule has 3 heterocycles. The molecule has 5 heteroatoms. The fourth-order valence-corrected chi connectivity index (χ4v) is 2.49. The molecular weight excluding hydrogens is 296 g/mol. The first kappa shape index (κ1) is 13.0. The first-order chi connectivity index (χ1) is 10.8. The zero-order valence-corrected chi connectivity index (χ0v) is 12.2. The largest absolute Gasteiger partial charge is 0.337 e. The highest BCUT2D eigenvalue weighted by Gasteiger charge is 2.07. The molecule has 0 aliphatic rings. The lowest BCUT2D eigenvalue weighted by Gasteiger charge is -2.01. The highest BCUT2D eigenvalue weighted by molar-refractivity contribution is 6.31. The van der Waals surface area contributed by atoms with E-state index >= 15 is 0 Å². The second-order valence-electron chi connectivity index (χ2n) is 4.89. The Hall–Kier alpha value is -2.72. The lowest BCUT2D eigenvalue weighted by Crippen LogP contribution is -1.88. The molecule has 4 aromatic rings. The van der Waals surface area contributed by atoms with E-state index in [-0.39, 0.29) is 0 Å². The summed E-state index contributed by atoms with van der Waals surface area (Å²) >= 11 is 5.99. The number of pyridine rings is 2. The van der Waals surface area contributed by atoms with Crippen molar-refractivity contribution in [2.24, 2.45) is 0 Å². The molecule has 22 heavy (non-hydrogen) atoms. The van der Waals surface area contributed by atoms with Crippen molar-refractivity contribution in [3.05, 3.63) is 65.9 Å². The number of fused-ring (bicyclic) bond motifs is 1. The zero-order chi connectivity index (χ0) is 14.9. The third-order valence-corrected chi connectivity index (χ3v) is 3.65. The van der Waals surface area contributed by atoms with E-state index in [9.17, 15) is 0 Å². The lowest BCUT2D eigenvalue weighted by atomic mass is 10.2. The molecule has 1 N–H and O–H groups in total. The molecule has 0 saturated carbocycles. The predicted octanol–water partition coefficient (Wildman–Crippen LogP) is 4.34. The van der Waals surface area contributed by atoms with Gasteiger partial charge in [-0.2, -0.15) is 0 Å². The summed E-state index contributed by atoms with van der Waals surface area (Å²) in [7, 11) is 0. The van der Waals surface area contributed by atoms with Crippen LogP contribution in [0.2, 0.25) is 5.02 Å². The molecule has 4 nitrogen and oxygen atoms in total. The van der Waals surface area contributed by atoms with Crippen molar-refractivity contribution in [2.45, 2.75) is 0 Å². The number of hydrogen-bond acceptors (Lipinski definition) is 3. The first-order valence-electron chi connectivity index (χ1n) is 6.83. The third-order valence-electron chi connectivity index (χ3n) is 3.41. The van der Waals surface area contributed by atoms with Gasteiger partial charge in [-0.05, 0) is 42.5 Å². The van der Waals surface area contributed by atoms with Crippen LogP contribution in [0.15, 0.2) is 60.9 Å². The van der Waals surface area contributed by atoms with Crippen LogP contribution in [0.1, 0.15) is 0 Å². The van der Waals surface area contributed by atoms with Crippen molar-refractivity contribution in [1.29, 1.82) is 0 Å². The summed E-state index contributed by atoms with van der Waals surface area (Å²) in [6.45, 7) is 0. The first-order valence-corrected chi connectivity index (χ1v) is 7.20. The number of hydrogen-bond donors (Lipinski definition) is 1. The number of nitrogens with zero attached hydrogens (tertiary/aromatic N) is 3. The minimum atomic E-state index is 0.682. The van der Waals surface area contributed by atoms with Crippen molar-refractivity contribution in [2.75, 3.05) is 0 Å². The number of aromatic nitrogens is 4. The van der Waals surface area contributed by atoms with Gasteiger partial charge in [0.15, 0.2) is 5.82 Å². The standard InChI is InChI=1S/C17H11ClN4/c18-12-5-7-14-16(9-12)22-17(21-14)15-6-4-11(10-20-15)13-3-1-2-8-19-13/h1-10H,(H,21,22). The van der Waals surface area contributed by atoms with Crippen LogP contribution in [-0.4, -0.2) is 19.9 Å². The maximum atomic E-state index is 5.99. The van der Waals surface area contributed by atoms with E-state index in [1.54, 1.807) is 12.4 Å². The molecule has 0 saturated heterocycles. The van der Waals surface area contributed by atoms with Gasteiger partial charge in [-0.25, -0.2) is 4.98 Å². The fraction of sp³-hybridized carbons (Fsp3) is 0. The highest BCUT2D eigenvalue weighted by atomic mass is 35.5. The molecule has 0 bridgehead atoms. The molecule has 0 atom stereocenters. The molecule has 1 aromatic carbocycles. The van der Waals surface area contributed by atoms with Crippen molar-refractivity contribution in [3.63, 3.8) is 0 Å². The van der Waals surface area contributed by atoms with Gasteiger partial charge < -0.3 is 4.98 Å². The maximum Gasteiger partial charge on any atom is 0.157 e. The Morgan fingerprint density at radius 3 is 2.64 bits per heavy atom. The monoisotopic (exact) mass is 306 g/mol. The molecule has 0 fully saturated rings. The van der Waals surface area contributed by atoms with Gasteiger partial charge in [0.25, 0.3) is 0 Å². The van der Waals surface area contributed by atoms with Crippen LogP contribution in [0.3, 0.4) is 0 Å².